The molecule has 0 spiro atoms. The fraction of sp³-hybridized carbons (Fsp3) is 0.333. The average molecular weight is 298 g/mol. The zero-order valence-corrected chi connectivity index (χ0v) is 13.3. The van der Waals surface area contributed by atoms with E-state index in [1.165, 1.54) is 21.9 Å². The Kier molecular flexibility index (Phi) is 4.39. The van der Waals surface area contributed by atoms with Crippen LogP contribution in [0, 0.1) is 0 Å². The van der Waals surface area contributed by atoms with Crippen LogP contribution in [0.4, 0.5) is 11.4 Å². The Morgan fingerprint density at radius 3 is 2.86 bits per heavy atom. The fourth-order valence-corrected chi connectivity index (χ4v) is 4.21. The van der Waals surface area contributed by atoms with E-state index in [-0.39, 0.29) is 0 Å². The molecule has 1 atom stereocenters. The molecule has 0 radical (unpaired) electrons. The highest BCUT2D eigenvalue weighted by Crippen LogP contribution is 2.40. The lowest BCUT2D eigenvalue weighted by Crippen LogP contribution is -2.29. The monoisotopic (exact) mass is 298 g/mol. The summed E-state index contributed by atoms with van der Waals surface area (Å²) in [6.07, 6.45) is 1.15. The van der Waals surface area contributed by atoms with Gasteiger partial charge in [-0.1, -0.05) is 31.2 Å². The summed E-state index contributed by atoms with van der Waals surface area (Å²) in [7, 11) is 0. The van der Waals surface area contributed by atoms with Gasteiger partial charge < -0.3 is 10.6 Å². The number of nitrogens with two attached hydrogens (primary N) is 1. The Bertz CT molecular complexity index is 612. The van der Waals surface area contributed by atoms with E-state index in [0.29, 0.717) is 5.92 Å². The molecule has 2 aromatic rings. The van der Waals surface area contributed by atoms with Gasteiger partial charge in [0.15, 0.2) is 0 Å². The molecule has 0 saturated carbocycles. The number of nitrogens with zero attached hydrogens (tertiary/aromatic N) is 1. The fourth-order valence-electron chi connectivity index (χ4n) is 2.96. The van der Waals surface area contributed by atoms with Gasteiger partial charge in [-0.25, -0.2) is 0 Å². The number of nitrogen functional groups attached to an aromatic ring is 1. The highest BCUT2D eigenvalue weighted by molar-refractivity contribution is 7.99. The molecule has 1 aliphatic heterocycles. The largest absolute Gasteiger partial charge is 0.399 e. The van der Waals surface area contributed by atoms with Crippen LogP contribution >= 0.6 is 11.8 Å². The van der Waals surface area contributed by atoms with E-state index in [1.54, 1.807) is 0 Å². The van der Waals surface area contributed by atoms with Gasteiger partial charge in [0.2, 0.25) is 0 Å². The first-order valence-corrected chi connectivity index (χ1v) is 8.58. The quantitative estimate of drug-likeness (QED) is 0.831. The maximum atomic E-state index is 5.95. The summed E-state index contributed by atoms with van der Waals surface area (Å²) >= 11 is 1.98. The van der Waals surface area contributed by atoms with Crippen molar-refractivity contribution >= 4 is 23.1 Å². The second-order valence-corrected chi connectivity index (χ2v) is 6.65. The molecule has 2 aromatic carbocycles. The maximum absolute atomic E-state index is 5.95. The molecule has 0 aromatic heterocycles. The lowest BCUT2D eigenvalue weighted by molar-refractivity contribution is 0.686. The SMILES string of the molecule is CCCN(CC1CSc2ccccc21)c1cccc(N)c1. The van der Waals surface area contributed by atoms with Crippen molar-refractivity contribution in [3.8, 4) is 0 Å². The topological polar surface area (TPSA) is 29.3 Å². The number of thioether (sulfide) groups is 1. The molecule has 0 amide bonds. The van der Waals surface area contributed by atoms with Gasteiger partial charge in [0, 0.05) is 41.0 Å². The standard InChI is InChI=1S/C18H22N2S/c1-2-10-20(16-7-5-6-15(19)11-16)12-14-13-21-18-9-4-3-8-17(14)18/h3-9,11,14H,2,10,12-13,19H2,1H3. The van der Waals surface area contributed by atoms with Gasteiger partial charge in [-0.05, 0) is 36.2 Å². The second kappa shape index (κ2) is 6.44. The molecule has 3 rings (SSSR count). The number of benzene rings is 2. The maximum Gasteiger partial charge on any atom is 0.0387 e. The minimum absolute atomic E-state index is 0.610. The summed E-state index contributed by atoms with van der Waals surface area (Å²) in [6.45, 7) is 4.38. The van der Waals surface area contributed by atoms with Crippen LogP contribution < -0.4 is 10.6 Å². The van der Waals surface area contributed by atoms with E-state index in [1.807, 2.05) is 23.9 Å². The van der Waals surface area contributed by atoms with Gasteiger partial charge in [0.25, 0.3) is 0 Å². The number of hydrogen-bond donors (Lipinski definition) is 1. The van der Waals surface area contributed by atoms with Crippen LogP contribution in [-0.2, 0) is 0 Å². The van der Waals surface area contributed by atoms with Crippen molar-refractivity contribution in [1.29, 1.82) is 0 Å². The van der Waals surface area contributed by atoms with E-state index in [9.17, 15) is 0 Å². The number of hydrogen-bond acceptors (Lipinski definition) is 3. The zero-order valence-electron chi connectivity index (χ0n) is 12.5. The van der Waals surface area contributed by atoms with Crippen molar-refractivity contribution in [3.63, 3.8) is 0 Å². The zero-order chi connectivity index (χ0) is 14.7. The van der Waals surface area contributed by atoms with Crippen molar-refractivity contribution in [1.82, 2.24) is 0 Å². The third kappa shape index (κ3) is 3.18. The van der Waals surface area contributed by atoms with Gasteiger partial charge in [0.05, 0.1) is 0 Å². The predicted molar refractivity (Wildman–Crippen MR) is 93.3 cm³/mol. The van der Waals surface area contributed by atoms with E-state index in [2.05, 4.69) is 48.2 Å². The molecule has 110 valence electrons. The molecule has 0 saturated heterocycles. The molecule has 2 N–H and O–H groups in total. The third-order valence-electron chi connectivity index (χ3n) is 3.97. The first-order chi connectivity index (χ1) is 10.3. The minimum atomic E-state index is 0.610. The van der Waals surface area contributed by atoms with Gasteiger partial charge in [0.1, 0.15) is 0 Å². The smallest absolute Gasteiger partial charge is 0.0387 e. The molecule has 1 aliphatic rings. The number of fused-ring (bicyclic) bond motifs is 1. The molecule has 0 bridgehead atoms. The normalized spacial score (nSPS) is 16.7. The van der Waals surface area contributed by atoms with Crippen LogP contribution in [0.1, 0.15) is 24.8 Å². The predicted octanol–water partition coefficient (Wildman–Crippen LogP) is 4.37. The summed E-state index contributed by atoms with van der Waals surface area (Å²) in [5, 5.41) is 0. The summed E-state index contributed by atoms with van der Waals surface area (Å²) in [4.78, 5) is 3.93. The van der Waals surface area contributed by atoms with Crippen molar-refractivity contribution in [3.05, 3.63) is 54.1 Å². The third-order valence-corrected chi connectivity index (χ3v) is 5.22. The minimum Gasteiger partial charge on any atom is -0.399 e. The summed E-state index contributed by atoms with van der Waals surface area (Å²) in [5.74, 6) is 1.79. The van der Waals surface area contributed by atoms with Gasteiger partial charge in [-0.3, -0.25) is 0 Å². The molecule has 21 heavy (non-hydrogen) atoms. The van der Waals surface area contributed by atoms with E-state index < -0.39 is 0 Å². The van der Waals surface area contributed by atoms with Crippen LogP contribution in [-0.4, -0.2) is 18.8 Å². The first kappa shape index (κ1) is 14.3. The molecule has 1 heterocycles. The lowest BCUT2D eigenvalue weighted by Gasteiger charge is -2.28. The van der Waals surface area contributed by atoms with Crippen molar-refractivity contribution < 1.29 is 0 Å². The van der Waals surface area contributed by atoms with Gasteiger partial charge in [-0.15, -0.1) is 11.8 Å². The molecule has 0 aliphatic carbocycles. The van der Waals surface area contributed by atoms with Crippen molar-refractivity contribution in [2.45, 2.75) is 24.2 Å². The summed E-state index contributed by atoms with van der Waals surface area (Å²) in [6, 6.07) is 17.1. The Balaban J connectivity index is 1.80. The molecule has 2 nitrogen and oxygen atoms in total. The van der Waals surface area contributed by atoms with Crippen LogP contribution in [0.5, 0.6) is 0 Å². The highest BCUT2D eigenvalue weighted by Gasteiger charge is 2.24. The summed E-state index contributed by atoms with van der Waals surface area (Å²) < 4.78 is 0. The Morgan fingerprint density at radius 1 is 1.19 bits per heavy atom. The Morgan fingerprint density at radius 2 is 2.05 bits per heavy atom. The second-order valence-electron chi connectivity index (χ2n) is 5.59. The van der Waals surface area contributed by atoms with E-state index >= 15 is 0 Å². The summed E-state index contributed by atoms with van der Waals surface area (Å²) in [5.41, 5.74) is 9.54. The molecular weight excluding hydrogens is 276 g/mol. The highest BCUT2D eigenvalue weighted by atomic mass is 32.2. The number of rotatable bonds is 5. The van der Waals surface area contributed by atoms with Crippen molar-refractivity contribution in [2.24, 2.45) is 0 Å². The van der Waals surface area contributed by atoms with Crippen LogP contribution in [0.15, 0.2) is 53.4 Å². The van der Waals surface area contributed by atoms with Crippen LogP contribution in [0.3, 0.4) is 0 Å². The number of anilines is 2. The molecular formula is C18H22N2S. The van der Waals surface area contributed by atoms with E-state index in [0.717, 1.165) is 25.2 Å². The Hall–Kier alpha value is -1.61. The van der Waals surface area contributed by atoms with Crippen molar-refractivity contribution in [2.75, 3.05) is 29.5 Å². The average Bonchev–Trinajstić information content (AvgIpc) is 2.90. The van der Waals surface area contributed by atoms with Crippen LogP contribution in [0.25, 0.3) is 0 Å². The lowest BCUT2D eigenvalue weighted by atomic mass is 10.0. The Labute approximate surface area is 131 Å². The van der Waals surface area contributed by atoms with Gasteiger partial charge in [-0.2, -0.15) is 0 Å². The first-order valence-electron chi connectivity index (χ1n) is 7.60. The van der Waals surface area contributed by atoms with Gasteiger partial charge >= 0.3 is 0 Å². The van der Waals surface area contributed by atoms with Crippen LogP contribution in [0.2, 0.25) is 0 Å². The molecule has 0 fully saturated rings. The van der Waals surface area contributed by atoms with E-state index in [4.69, 9.17) is 5.73 Å². The molecule has 3 heteroatoms. The molecule has 1 unspecified atom stereocenters.